The molecule has 0 spiro atoms. The van der Waals surface area contributed by atoms with Crippen molar-refractivity contribution in [3.63, 3.8) is 0 Å². The number of nitrogens with zero attached hydrogens (tertiary/aromatic N) is 3. The third-order valence-electron chi connectivity index (χ3n) is 7.07. The van der Waals surface area contributed by atoms with E-state index in [1.54, 1.807) is 6.20 Å². The summed E-state index contributed by atoms with van der Waals surface area (Å²) in [5.74, 6) is 2.21. The molecule has 1 aromatic heterocycles. The van der Waals surface area contributed by atoms with Crippen LogP contribution in [-0.2, 0) is 4.79 Å². The zero-order valence-electron chi connectivity index (χ0n) is 20.3. The fourth-order valence-electron chi connectivity index (χ4n) is 4.91. The van der Waals surface area contributed by atoms with Crippen LogP contribution in [0.3, 0.4) is 0 Å². The monoisotopic (exact) mass is 440 g/mol. The highest BCUT2D eigenvalue weighted by atomic mass is 16.2. The Balaban J connectivity index is 1.64. The van der Waals surface area contributed by atoms with Crippen LogP contribution in [0.15, 0.2) is 18.3 Å². The highest BCUT2D eigenvalue weighted by Crippen LogP contribution is 2.37. The molecule has 1 aromatic rings. The van der Waals surface area contributed by atoms with Gasteiger partial charge in [-0.2, -0.15) is 0 Å². The summed E-state index contributed by atoms with van der Waals surface area (Å²) in [6, 6.07) is 0. The summed E-state index contributed by atoms with van der Waals surface area (Å²) in [6.45, 7) is 10.3. The van der Waals surface area contributed by atoms with Crippen molar-refractivity contribution in [2.45, 2.75) is 84.5 Å². The van der Waals surface area contributed by atoms with Crippen LogP contribution < -0.4 is 5.32 Å². The summed E-state index contributed by atoms with van der Waals surface area (Å²) in [7, 11) is 0. The third-order valence-corrected chi connectivity index (χ3v) is 7.07. The van der Waals surface area contributed by atoms with Gasteiger partial charge in [0.15, 0.2) is 0 Å². The minimum Gasteiger partial charge on any atom is -0.356 e. The number of carbonyl (C=O) groups is 2. The smallest absolute Gasteiger partial charge is 0.257 e. The van der Waals surface area contributed by atoms with Gasteiger partial charge in [-0.25, -0.2) is 9.97 Å². The normalized spacial score (nSPS) is 23.2. The van der Waals surface area contributed by atoms with Crippen molar-refractivity contribution in [3.8, 4) is 0 Å². The second kappa shape index (κ2) is 11.6. The van der Waals surface area contributed by atoms with E-state index in [1.807, 2.05) is 18.7 Å². The summed E-state index contributed by atoms with van der Waals surface area (Å²) in [4.78, 5) is 36.8. The summed E-state index contributed by atoms with van der Waals surface area (Å²) in [6.07, 6.45) is 13.0. The number of hydrogen-bond acceptors (Lipinski definition) is 4. The zero-order valence-corrected chi connectivity index (χ0v) is 20.3. The molecular formula is C26H40N4O2. The van der Waals surface area contributed by atoms with Crippen molar-refractivity contribution in [1.82, 2.24) is 20.2 Å². The Kier molecular flexibility index (Phi) is 8.83. The van der Waals surface area contributed by atoms with Crippen LogP contribution in [0, 0.1) is 11.8 Å². The molecule has 1 unspecified atom stereocenters. The first kappa shape index (κ1) is 24.4. The Morgan fingerprint density at radius 1 is 1.09 bits per heavy atom. The lowest BCUT2D eigenvalue weighted by molar-refractivity contribution is -0.125. The predicted molar refractivity (Wildman–Crippen MR) is 128 cm³/mol. The van der Waals surface area contributed by atoms with E-state index in [0.29, 0.717) is 24.6 Å². The van der Waals surface area contributed by atoms with E-state index in [2.05, 4.69) is 36.3 Å². The van der Waals surface area contributed by atoms with Crippen molar-refractivity contribution < 1.29 is 9.59 Å². The maximum Gasteiger partial charge on any atom is 0.257 e. The molecule has 32 heavy (non-hydrogen) atoms. The van der Waals surface area contributed by atoms with Crippen LogP contribution in [0.2, 0.25) is 0 Å². The molecule has 6 heteroatoms. The summed E-state index contributed by atoms with van der Waals surface area (Å²) < 4.78 is 0. The number of amides is 2. The number of nitrogens with one attached hydrogen (secondary N) is 1. The first-order valence-electron chi connectivity index (χ1n) is 12.5. The molecule has 0 aliphatic heterocycles. The van der Waals surface area contributed by atoms with Gasteiger partial charge in [-0.3, -0.25) is 9.59 Å². The van der Waals surface area contributed by atoms with Gasteiger partial charge in [-0.15, -0.1) is 0 Å². The second-order valence-corrected chi connectivity index (χ2v) is 9.60. The Bertz CT molecular complexity index is 808. The first-order valence-corrected chi connectivity index (χ1v) is 12.5. The van der Waals surface area contributed by atoms with E-state index in [9.17, 15) is 9.59 Å². The van der Waals surface area contributed by atoms with E-state index in [-0.39, 0.29) is 29.6 Å². The summed E-state index contributed by atoms with van der Waals surface area (Å²) in [5.41, 5.74) is 1.59. The van der Waals surface area contributed by atoms with Crippen LogP contribution >= 0.6 is 0 Å². The Labute approximate surface area is 193 Å². The molecule has 1 N–H and O–H groups in total. The largest absolute Gasteiger partial charge is 0.356 e. The molecular weight excluding hydrogens is 400 g/mol. The van der Waals surface area contributed by atoms with E-state index in [0.717, 1.165) is 63.0 Å². The van der Waals surface area contributed by atoms with Gasteiger partial charge >= 0.3 is 0 Å². The topological polar surface area (TPSA) is 75.2 Å². The fourth-order valence-corrected chi connectivity index (χ4v) is 4.91. The number of carbonyl (C=O) groups excluding carboxylic acids is 2. The summed E-state index contributed by atoms with van der Waals surface area (Å²) in [5, 5.41) is 3.20. The lowest BCUT2D eigenvalue weighted by Gasteiger charge is -2.30. The minimum atomic E-state index is 0.0382. The molecule has 0 bridgehead atoms. The van der Waals surface area contributed by atoms with Gasteiger partial charge in [-0.05, 0) is 64.7 Å². The molecule has 1 heterocycles. The molecule has 0 aromatic carbocycles. The maximum atomic E-state index is 13.1. The molecule has 1 atom stereocenters. The average Bonchev–Trinajstić information content (AvgIpc) is 2.83. The van der Waals surface area contributed by atoms with Gasteiger partial charge in [0, 0.05) is 43.6 Å². The van der Waals surface area contributed by atoms with Gasteiger partial charge in [0.2, 0.25) is 5.91 Å². The quantitative estimate of drug-likeness (QED) is 0.588. The molecule has 1 fully saturated rings. The standard InChI is InChI=1S/C26H40N4O2/c1-5-30(6-2)26(32)22-17-27-24(18(3)4)29-23(22)20-14-12-19(13-15-20)16-28-25(31)21-10-8-7-9-11-21/h7-8,17-21H,5-6,9-16H2,1-4H3,(H,28,31). The van der Waals surface area contributed by atoms with E-state index >= 15 is 0 Å². The number of aromatic nitrogens is 2. The van der Waals surface area contributed by atoms with Crippen molar-refractivity contribution in [2.75, 3.05) is 19.6 Å². The molecule has 176 valence electrons. The highest BCUT2D eigenvalue weighted by Gasteiger charge is 2.29. The van der Waals surface area contributed by atoms with Crippen LogP contribution in [-0.4, -0.2) is 46.3 Å². The SMILES string of the molecule is CCN(CC)C(=O)c1cnc(C(C)C)nc1C1CCC(CNC(=O)C2CC=CCC2)CC1. The van der Waals surface area contributed by atoms with Gasteiger partial charge in [0.1, 0.15) is 5.82 Å². The van der Waals surface area contributed by atoms with Crippen molar-refractivity contribution >= 4 is 11.8 Å². The minimum absolute atomic E-state index is 0.0382. The predicted octanol–water partition coefficient (Wildman–Crippen LogP) is 4.83. The van der Waals surface area contributed by atoms with Crippen LogP contribution in [0.4, 0.5) is 0 Å². The molecule has 3 rings (SSSR count). The molecule has 1 saturated carbocycles. The van der Waals surface area contributed by atoms with Crippen LogP contribution in [0.1, 0.15) is 106 Å². The van der Waals surface area contributed by atoms with Gasteiger partial charge < -0.3 is 10.2 Å². The van der Waals surface area contributed by atoms with Gasteiger partial charge in [0.05, 0.1) is 11.3 Å². The van der Waals surface area contributed by atoms with Crippen molar-refractivity contribution in [2.24, 2.45) is 11.8 Å². The third kappa shape index (κ3) is 5.96. The fraction of sp³-hybridized carbons (Fsp3) is 0.692. The van der Waals surface area contributed by atoms with Crippen LogP contribution in [0.5, 0.6) is 0 Å². The molecule has 0 saturated heterocycles. The van der Waals surface area contributed by atoms with Gasteiger partial charge in [-0.1, -0.05) is 26.0 Å². The highest BCUT2D eigenvalue weighted by molar-refractivity contribution is 5.95. The molecule has 2 aliphatic carbocycles. The second-order valence-electron chi connectivity index (χ2n) is 9.60. The van der Waals surface area contributed by atoms with Crippen LogP contribution in [0.25, 0.3) is 0 Å². The molecule has 2 amide bonds. The lowest BCUT2D eigenvalue weighted by Crippen LogP contribution is -2.36. The Morgan fingerprint density at radius 2 is 1.81 bits per heavy atom. The molecule has 2 aliphatic rings. The first-order chi connectivity index (χ1) is 15.4. The Hall–Kier alpha value is -2.24. The zero-order chi connectivity index (χ0) is 23.1. The van der Waals surface area contributed by atoms with E-state index in [1.165, 1.54) is 0 Å². The number of hydrogen-bond donors (Lipinski definition) is 1. The van der Waals surface area contributed by atoms with Crippen molar-refractivity contribution in [1.29, 1.82) is 0 Å². The average molecular weight is 441 g/mol. The lowest BCUT2D eigenvalue weighted by atomic mass is 9.79. The maximum absolute atomic E-state index is 13.1. The molecule has 0 radical (unpaired) electrons. The molecule has 6 nitrogen and oxygen atoms in total. The summed E-state index contributed by atoms with van der Waals surface area (Å²) >= 11 is 0. The number of allylic oxidation sites excluding steroid dienone is 2. The van der Waals surface area contributed by atoms with E-state index in [4.69, 9.17) is 4.98 Å². The number of rotatable bonds is 8. The van der Waals surface area contributed by atoms with E-state index < -0.39 is 0 Å². The van der Waals surface area contributed by atoms with Crippen molar-refractivity contribution in [3.05, 3.63) is 35.4 Å². The van der Waals surface area contributed by atoms with Gasteiger partial charge in [0.25, 0.3) is 5.91 Å². The Morgan fingerprint density at radius 3 is 2.41 bits per heavy atom.